The van der Waals surface area contributed by atoms with Gasteiger partial charge < -0.3 is 14.4 Å². The summed E-state index contributed by atoms with van der Waals surface area (Å²) in [4.78, 5) is 8.22. The second-order valence-corrected chi connectivity index (χ2v) is 11.3. The molecule has 0 N–H and O–H groups in total. The molecule has 0 amide bonds. The van der Waals surface area contributed by atoms with Gasteiger partial charge in [0.25, 0.3) is 0 Å². The molecular formula is C41H35F3IrN2O-2. The zero-order chi connectivity index (χ0) is 45.3. The van der Waals surface area contributed by atoms with E-state index in [0.717, 1.165) is 40.0 Å². The minimum Gasteiger partial charge on any atom is -0.500 e. The van der Waals surface area contributed by atoms with Crippen molar-refractivity contribution in [2.75, 3.05) is 0 Å². The van der Waals surface area contributed by atoms with Crippen LogP contribution < -0.4 is 0 Å². The fourth-order valence-corrected chi connectivity index (χ4v) is 4.95. The van der Waals surface area contributed by atoms with Crippen molar-refractivity contribution in [3.63, 3.8) is 0 Å². The first kappa shape index (κ1) is 20.9. The van der Waals surface area contributed by atoms with Gasteiger partial charge in [0.15, 0.2) is 0 Å². The molecule has 247 valence electrons. The largest absolute Gasteiger partial charge is 0.500 e. The standard InChI is InChI=1S/C27H21F3NO.C14H14N.Ir/c1-16-15-31-23(13-18(16)14-26(2,3)27(28,29)30)22-10-6-9-20-21-12-11-17-7-4-5-8-19(17)24(21)32-25(20)22;1-10-4-6-13(7-5-10)14-8-11(2)12(3)9-15-14;/h4-9,11-13,15H,14H2,1-3H3;4-6,8-9H,1-3H3;/q2*-1;/i1D3,14D2;1D3,2D3,3D3;. The van der Waals surface area contributed by atoms with Crippen LogP contribution in [0.1, 0.15) is 60.9 Å². The molecule has 7 heteroatoms. The second-order valence-electron chi connectivity index (χ2n) is 11.3. The van der Waals surface area contributed by atoms with Crippen LogP contribution in [0.5, 0.6) is 0 Å². The SMILES string of the molecule is [2H]C([2H])([2H])c1c[c-]c(-c2cc(C([2H])([2H])[2H])c(C([2H])([2H])[2H])cn2)cc1.[2H]C([2H])([2H])c1cnc(-c2[c-]ccc3c2oc2c4ccccc4ccc32)cc1C([2H])([2H])C(C)(C)C(F)(F)F.[Ir]. The second kappa shape index (κ2) is 13.7. The van der Waals surface area contributed by atoms with Gasteiger partial charge >= 0.3 is 6.18 Å². The Bertz CT molecular complexity index is 2760. The van der Waals surface area contributed by atoms with Crippen molar-refractivity contribution in [1.82, 2.24) is 9.97 Å². The average Bonchev–Trinajstić information content (AvgIpc) is 3.55. The van der Waals surface area contributed by atoms with Gasteiger partial charge in [-0.15, -0.1) is 53.6 Å². The Kier molecular flexibility index (Phi) is 5.95. The Hall–Kier alpha value is -4.32. The first-order valence-corrected chi connectivity index (χ1v) is 14.3. The smallest absolute Gasteiger partial charge is 0.394 e. The molecule has 0 aliphatic carbocycles. The van der Waals surface area contributed by atoms with E-state index in [0.29, 0.717) is 30.6 Å². The van der Waals surface area contributed by atoms with Gasteiger partial charge in [-0.25, -0.2) is 0 Å². The number of furan rings is 1. The van der Waals surface area contributed by atoms with E-state index in [4.69, 9.17) is 23.6 Å². The molecule has 0 unspecified atom stereocenters. The zero-order valence-electron chi connectivity index (χ0n) is 39.4. The van der Waals surface area contributed by atoms with Crippen molar-refractivity contribution in [3.8, 4) is 22.5 Å². The maximum Gasteiger partial charge on any atom is 0.394 e. The van der Waals surface area contributed by atoms with Crippen LogP contribution in [0.3, 0.4) is 0 Å². The molecule has 7 rings (SSSR count). The molecule has 0 spiro atoms. The van der Waals surface area contributed by atoms with E-state index in [2.05, 4.69) is 22.1 Å². The van der Waals surface area contributed by atoms with Gasteiger partial charge in [-0.3, -0.25) is 0 Å². The molecule has 48 heavy (non-hydrogen) atoms. The summed E-state index contributed by atoms with van der Waals surface area (Å²) in [6, 6.07) is 27.1. The van der Waals surface area contributed by atoms with Crippen molar-refractivity contribution < 1.29 is 56.9 Å². The molecule has 7 aromatic rings. The zero-order valence-corrected chi connectivity index (χ0v) is 27.8. The quantitative estimate of drug-likeness (QED) is 0.166. The number of aromatic nitrogens is 2. The number of hydrogen-bond acceptors (Lipinski definition) is 3. The van der Waals surface area contributed by atoms with Crippen LogP contribution in [0, 0.1) is 45.0 Å². The summed E-state index contributed by atoms with van der Waals surface area (Å²) >= 11 is 0. The number of pyridine rings is 2. The summed E-state index contributed by atoms with van der Waals surface area (Å²) in [6.07, 6.45) is -6.09. The van der Waals surface area contributed by atoms with E-state index in [1.54, 1.807) is 12.1 Å². The number of aryl methyl sites for hydroxylation is 4. The number of halogens is 3. The van der Waals surface area contributed by atoms with Gasteiger partial charge in [-0.2, -0.15) is 13.2 Å². The third-order valence-corrected chi connectivity index (χ3v) is 7.63. The molecule has 1 radical (unpaired) electrons. The van der Waals surface area contributed by atoms with E-state index in [1.165, 1.54) is 24.3 Å². The Labute approximate surface area is 312 Å². The number of alkyl halides is 3. The van der Waals surface area contributed by atoms with Gasteiger partial charge in [0.2, 0.25) is 0 Å². The predicted molar refractivity (Wildman–Crippen MR) is 184 cm³/mol. The van der Waals surface area contributed by atoms with Crippen LogP contribution in [0.25, 0.3) is 55.2 Å². The molecule has 0 fully saturated rings. The number of fused-ring (bicyclic) bond motifs is 5. The number of benzene rings is 4. The molecule has 0 bridgehead atoms. The Morgan fingerprint density at radius 2 is 1.52 bits per heavy atom. The van der Waals surface area contributed by atoms with E-state index < -0.39 is 56.5 Å². The minimum atomic E-state index is -4.95. The van der Waals surface area contributed by atoms with Crippen LogP contribution in [0.4, 0.5) is 13.2 Å². The molecule has 0 saturated heterocycles. The van der Waals surface area contributed by atoms with Gasteiger partial charge in [-0.1, -0.05) is 85.7 Å². The summed E-state index contributed by atoms with van der Waals surface area (Å²) < 4.78 is 155. The third kappa shape index (κ3) is 6.94. The van der Waals surface area contributed by atoms with Crippen LogP contribution in [0.15, 0.2) is 95.7 Å². The molecule has 0 aliphatic rings. The monoisotopic (exact) mass is 835 g/mol. The molecular weight excluding hydrogens is 786 g/mol. The molecule has 3 aromatic heterocycles. The van der Waals surface area contributed by atoms with Crippen LogP contribution >= 0.6 is 0 Å². The minimum absolute atomic E-state index is 0. The van der Waals surface area contributed by atoms with Crippen LogP contribution in [-0.2, 0) is 26.5 Å². The van der Waals surface area contributed by atoms with Crippen molar-refractivity contribution in [3.05, 3.63) is 131 Å². The Morgan fingerprint density at radius 3 is 2.25 bits per heavy atom. The number of nitrogens with zero attached hydrogens (tertiary/aromatic N) is 2. The molecule has 4 aromatic carbocycles. The summed E-state index contributed by atoms with van der Waals surface area (Å²) in [7, 11) is 0. The van der Waals surface area contributed by atoms with Crippen LogP contribution in [-0.4, -0.2) is 16.1 Å². The summed E-state index contributed by atoms with van der Waals surface area (Å²) in [6.45, 7) is -8.92. The van der Waals surface area contributed by atoms with E-state index >= 15 is 0 Å². The van der Waals surface area contributed by atoms with Crippen LogP contribution in [0.2, 0.25) is 0 Å². The summed E-state index contributed by atoms with van der Waals surface area (Å²) in [5, 5.41) is 3.37. The third-order valence-electron chi connectivity index (χ3n) is 7.63. The average molecular weight is 835 g/mol. The van der Waals surface area contributed by atoms with Gasteiger partial charge in [0.1, 0.15) is 5.58 Å². The van der Waals surface area contributed by atoms with E-state index in [-0.39, 0.29) is 53.7 Å². The van der Waals surface area contributed by atoms with Gasteiger partial charge in [-0.05, 0) is 60.4 Å². The van der Waals surface area contributed by atoms with E-state index in [1.807, 2.05) is 36.4 Å². The molecule has 0 aliphatic heterocycles. The van der Waals surface area contributed by atoms with Gasteiger partial charge in [0, 0.05) is 62.5 Å². The van der Waals surface area contributed by atoms with Gasteiger partial charge in [0.05, 0.1) is 11.0 Å². The maximum absolute atomic E-state index is 13.9. The normalized spacial score (nSPS) is 17.4. The van der Waals surface area contributed by atoms with Crippen molar-refractivity contribution in [1.29, 1.82) is 0 Å². The first-order chi connectivity index (χ1) is 27.9. The Balaban J connectivity index is 0.000000253. The number of hydrogen-bond donors (Lipinski definition) is 0. The first-order valence-electron chi connectivity index (χ1n) is 21.3. The number of rotatable bonds is 4. The molecule has 0 saturated carbocycles. The van der Waals surface area contributed by atoms with E-state index in [9.17, 15) is 13.2 Å². The molecule has 0 atom stereocenters. The topological polar surface area (TPSA) is 38.9 Å². The van der Waals surface area contributed by atoms with Crippen molar-refractivity contribution in [2.24, 2.45) is 5.41 Å². The summed E-state index contributed by atoms with van der Waals surface area (Å²) in [5.74, 6) is 0. The predicted octanol–water partition coefficient (Wildman–Crippen LogP) is 11.5. The summed E-state index contributed by atoms with van der Waals surface area (Å²) in [5.41, 5.74) is -2.70. The Morgan fingerprint density at radius 1 is 0.771 bits per heavy atom. The molecule has 3 nitrogen and oxygen atoms in total. The fraction of sp³-hybridized carbons (Fsp3) is 0.220. The fourth-order valence-electron chi connectivity index (χ4n) is 4.95. The maximum atomic E-state index is 13.9. The van der Waals surface area contributed by atoms with Crippen molar-refractivity contribution >= 4 is 32.7 Å². The van der Waals surface area contributed by atoms with Crippen molar-refractivity contribution in [2.45, 2.75) is 53.8 Å². The molecule has 3 heterocycles.